The van der Waals surface area contributed by atoms with Crippen LogP contribution in [0.5, 0.6) is 0 Å². The number of hydrogen-bond acceptors (Lipinski definition) is 5. The second-order valence-electron chi connectivity index (χ2n) is 5.08. The Labute approximate surface area is 137 Å². The second kappa shape index (κ2) is 5.84. The van der Waals surface area contributed by atoms with Gasteiger partial charge >= 0.3 is 0 Å². The molecule has 0 spiro atoms. The van der Waals surface area contributed by atoms with E-state index in [2.05, 4.69) is 0 Å². The van der Waals surface area contributed by atoms with Gasteiger partial charge in [0.2, 0.25) is 15.9 Å². The van der Waals surface area contributed by atoms with Crippen molar-refractivity contribution in [3.05, 3.63) is 29.3 Å². The number of thioether (sulfide) groups is 1. The van der Waals surface area contributed by atoms with Crippen molar-refractivity contribution < 1.29 is 18.0 Å². The standard InChI is InChI=1S/C13H13ClN2O4S2/c14-9-1-3-11(4-2-9)22(19,20)15-6-5-10(7-15)16-12(17)8-21-13(16)18/h1-4,10H,5-8H2/t10-/m0/s1. The summed E-state index contributed by atoms with van der Waals surface area (Å²) in [5.74, 6) is -0.107. The molecule has 2 aliphatic rings. The van der Waals surface area contributed by atoms with Crippen molar-refractivity contribution in [2.75, 3.05) is 18.8 Å². The molecule has 3 rings (SSSR count). The Morgan fingerprint density at radius 1 is 1.18 bits per heavy atom. The second-order valence-corrected chi connectivity index (χ2v) is 8.38. The molecule has 118 valence electrons. The Morgan fingerprint density at radius 3 is 2.45 bits per heavy atom. The number of rotatable bonds is 3. The molecular weight excluding hydrogens is 348 g/mol. The number of carbonyl (C=O) groups excluding carboxylic acids is 2. The van der Waals surface area contributed by atoms with E-state index in [1.807, 2.05) is 0 Å². The summed E-state index contributed by atoms with van der Waals surface area (Å²) in [6.45, 7) is 0.431. The highest BCUT2D eigenvalue weighted by atomic mass is 35.5. The highest BCUT2D eigenvalue weighted by Gasteiger charge is 2.42. The largest absolute Gasteiger partial charge is 0.289 e. The van der Waals surface area contributed by atoms with Crippen molar-refractivity contribution >= 4 is 44.5 Å². The maximum atomic E-state index is 12.6. The predicted octanol–water partition coefficient (Wildman–Crippen LogP) is 1.80. The van der Waals surface area contributed by atoms with Crippen LogP contribution >= 0.6 is 23.4 Å². The van der Waals surface area contributed by atoms with Gasteiger partial charge in [0.15, 0.2) is 0 Å². The molecule has 0 N–H and O–H groups in total. The van der Waals surface area contributed by atoms with E-state index in [1.54, 1.807) is 0 Å². The van der Waals surface area contributed by atoms with Gasteiger partial charge in [0.1, 0.15) is 0 Å². The van der Waals surface area contributed by atoms with Gasteiger partial charge in [-0.3, -0.25) is 14.5 Å². The summed E-state index contributed by atoms with van der Waals surface area (Å²) in [7, 11) is -3.63. The molecule has 2 aliphatic heterocycles. The molecule has 2 saturated heterocycles. The molecule has 0 radical (unpaired) electrons. The summed E-state index contributed by atoms with van der Waals surface area (Å²) in [5, 5.41) is 0.171. The summed E-state index contributed by atoms with van der Waals surface area (Å²) in [6, 6.07) is 5.57. The first kappa shape index (κ1) is 15.8. The molecule has 0 aliphatic carbocycles. The van der Waals surface area contributed by atoms with Crippen LogP contribution in [-0.4, -0.2) is 53.7 Å². The molecule has 0 unspecified atom stereocenters. The third-order valence-electron chi connectivity index (χ3n) is 3.73. The molecule has 2 heterocycles. The summed E-state index contributed by atoms with van der Waals surface area (Å²) < 4.78 is 26.4. The molecule has 0 aromatic heterocycles. The fourth-order valence-electron chi connectivity index (χ4n) is 2.61. The zero-order valence-corrected chi connectivity index (χ0v) is 13.8. The van der Waals surface area contributed by atoms with Gasteiger partial charge in [-0.25, -0.2) is 8.42 Å². The number of nitrogens with zero attached hydrogens (tertiary/aromatic N) is 2. The van der Waals surface area contributed by atoms with Crippen molar-refractivity contribution in [1.82, 2.24) is 9.21 Å². The monoisotopic (exact) mass is 360 g/mol. The van der Waals surface area contributed by atoms with Crippen LogP contribution in [0.15, 0.2) is 29.2 Å². The van der Waals surface area contributed by atoms with Gasteiger partial charge in [-0.15, -0.1) is 0 Å². The number of halogens is 1. The molecule has 22 heavy (non-hydrogen) atoms. The van der Waals surface area contributed by atoms with Gasteiger partial charge < -0.3 is 0 Å². The van der Waals surface area contributed by atoms with Crippen molar-refractivity contribution in [3.63, 3.8) is 0 Å². The smallest absolute Gasteiger partial charge is 0.273 e. The first-order valence-electron chi connectivity index (χ1n) is 6.64. The third kappa shape index (κ3) is 2.76. The van der Waals surface area contributed by atoms with Crippen molar-refractivity contribution in [1.29, 1.82) is 0 Å². The van der Waals surface area contributed by atoms with E-state index in [0.29, 0.717) is 11.4 Å². The fourth-order valence-corrected chi connectivity index (χ4v) is 5.01. The number of sulfonamides is 1. The Bertz CT molecular complexity index is 704. The lowest BCUT2D eigenvalue weighted by atomic mass is 10.2. The van der Waals surface area contributed by atoms with E-state index in [4.69, 9.17) is 11.6 Å². The number of hydrogen-bond donors (Lipinski definition) is 0. The highest BCUT2D eigenvalue weighted by Crippen LogP contribution is 2.29. The molecule has 2 fully saturated rings. The molecule has 1 aromatic carbocycles. The van der Waals surface area contributed by atoms with Crippen LogP contribution in [0.4, 0.5) is 4.79 Å². The maximum Gasteiger partial charge on any atom is 0.289 e. The van der Waals surface area contributed by atoms with Crippen LogP contribution in [0.2, 0.25) is 5.02 Å². The SMILES string of the molecule is O=C1CSC(=O)N1[C@H]1CCN(S(=O)(=O)c2ccc(Cl)cc2)C1. The van der Waals surface area contributed by atoms with E-state index < -0.39 is 10.0 Å². The topological polar surface area (TPSA) is 74.8 Å². The van der Waals surface area contributed by atoms with Crippen LogP contribution < -0.4 is 0 Å². The molecular formula is C13H13ClN2O4S2. The zero-order chi connectivity index (χ0) is 15.9. The van der Waals surface area contributed by atoms with Gasteiger partial charge in [-0.2, -0.15) is 4.31 Å². The normalized spacial score (nSPS) is 23.5. The summed E-state index contributed by atoms with van der Waals surface area (Å²) >= 11 is 6.73. The first-order valence-corrected chi connectivity index (χ1v) is 9.44. The molecule has 1 aromatic rings. The lowest BCUT2D eigenvalue weighted by Gasteiger charge is -2.21. The van der Waals surface area contributed by atoms with Crippen molar-refractivity contribution in [2.24, 2.45) is 0 Å². The van der Waals surface area contributed by atoms with Gasteiger partial charge in [-0.1, -0.05) is 23.4 Å². The Hall–Kier alpha value is -1.09. The fraction of sp³-hybridized carbons (Fsp3) is 0.385. The zero-order valence-electron chi connectivity index (χ0n) is 11.4. The van der Waals surface area contributed by atoms with Gasteiger partial charge in [0.25, 0.3) is 5.24 Å². The Balaban J connectivity index is 1.78. The lowest BCUT2D eigenvalue weighted by molar-refractivity contribution is -0.126. The summed E-state index contributed by atoms with van der Waals surface area (Å²) in [6.07, 6.45) is 0.463. The van der Waals surface area contributed by atoms with Crippen LogP contribution in [0.3, 0.4) is 0 Å². The average molecular weight is 361 g/mol. The van der Waals surface area contributed by atoms with Gasteiger partial charge in [0, 0.05) is 18.1 Å². The first-order chi connectivity index (χ1) is 10.4. The lowest BCUT2D eigenvalue weighted by Crippen LogP contribution is -2.41. The maximum absolute atomic E-state index is 12.6. The highest BCUT2D eigenvalue weighted by molar-refractivity contribution is 8.14. The van der Waals surface area contributed by atoms with E-state index >= 15 is 0 Å². The van der Waals surface area contributed by atoms with E-state index in [-0.39, 0.29) is 40.9 Å². The van der Waals surface area contributed by atoms with Crippen molar-refractivity contribution in [3.8, 4) is 0 Å². The van der Waals surface area contributed by atoms with Gasteiger partial charge in [-0.05, 0) is 30.7 Å². The molecule has 2 amide bonds. The van der Waals surface area contributed by atoms with Crippen LogP contribution in [-0.2, 0) is 14.8 Å². The minimum Gasteiger partial charge on any atom is -0.273 e. The molecule has 1 atom stereocenters. The number of benzene rings is 1. The van der Waals surface area contributed by atoms with E-state index in [0.717, 1.165) is 11.8 Å². The van der Waals surface area contributed by atoms with E-state index in [1.165, 1.54) is 33.5 Å². The summed E-state index contributed by atoms with van der Waals surface area (Å²) in [5.41, 5.74) is 0. The van der Waals surface area contributed by atoms with E-state index in [9.17, 15) is 18.0 Å². The average Bonchev–Trinajstić information content (AvgIpc) is 3.07. The third-order valence-corrected chi connectivity index (χ3v) is 6.69. The molecule has 0 saturated carbocycles. The number of amides is 2. The quantitative estimate of drug-likeness (QED) is 0.821. The molecule has 6 nitrogen and oxygen atoms in total. The minimum absolute atomic E-state index is 0.138. The van der Waals surface area contributed by atoms with Crippen LogP contribution in [0.1, 0.15) is 6.42 Å². The Morgan fingerprint density at radius 2 is 1.86 bits per heavy atom. The minimum atomic E-state index is -3.63. The van der Waals surface area contributed by atoms with Gasteiger partial charge in [0.05, 0.1) is 16.7 Å². The van der Waals surface area contributed by atoms with Crippen molar-refractivity contribution in [2.45, 2.75) is 17.4 Å². The number of imide groups is 1. The van der Waals surface area contributed by atoms with Crippen LogP contribution in [0.25, 0.3) is 0 Å². The predicted molar refractivity (Wildman–Crippen MR) is 83.3 cm³/mol. The summed E-state index contributed by atoms with van der Waals surface area (Å²) in [4.78, 5) is 24.8. The molecule has 0 bridgehead atoms. The Kier molecular flexibility index (Phi) is 4.19. The number of carbonyl (C=O) groups is 2. The molecule has 9 heteroatoms. The van der Waals surface area contributed by atoms with Crippen LogP contribution in [0, 0.1) is 0 Å².